The second-order valence-corrected chi connectivity index (χ2v) is 7.50. The standard InChI is InChI=1S/C23H24N2O3/c26-21(24-15-17-9-5-8-16-7-1-2-10-18(16)17)13-6-14-25-22(27)19-11-3-4-12-20(19)23(25)28/h1-4,7,10-12,17H,5-6,8-9,13-15H2,(H,24,26). The van der Waals surface area contributed by atoms with E-state index in [4.69, 9.17) is 0 Å². The fraction of sp³-hybridized carbons (Fsp3) is 0.348. The van der Waals surface area contributed by atoms with E-state index in [0.717, 1.165) is 19.3 Å². The molecule has 3 amide bonds. The van der Waals surface area contributed by atoms with E-state index in [9.17, 15) is 14.4 Å². The third-order valence-electron chi connectivity index (χ3n) is 5.70. The number of fused-ring (bicyclic) bond motifs is 2. The van der Waals surface area contributed by atoms with Crippen LogP contribution in [-0.2, 0) is 11.2 Å². The molecule has 1 aliphatic carbocycles. The summed E-state index contributed by atoms with van der Waals surface area (Å²) in [6.45, 7) is 0.912. The monoisotopic (exact) mass is 376 g/mol. The van der Waals surface area contributed by atoms with Gasteiger partial charge >= 0.3 is 0 Å². The van der Waals surface area contributed by atoms with Crippen molar-refractivity contribution in [2.75, 3.05) is 13.1 Å². The van der Waals surface area contributed by atoms with Crippen LogP contribution < -0.4 is 5.32 Å². The van der Waals surface area contributed by atoms with Crippen molar-refractivity contribution in [3.63, 3.8) is 0 Å². The van der Waals surface area contributed by atoms with Crippen LogP contribution in [0.4, 0.5) is 0 Å². The van der Waals surface area contributed by atoms with E-state index in [1.54, 1.807) is 24.3 Å². The summed E-state index contributed by atoms with van der Waals surface area (Å²) in [4.78, 5) is 38.2. The zero-order chi connectivity index (χ0) is 19.5. The molecule has 0 aromatic heterocycles. The molecule has 0 fully saturated rings. The van der Waals surface area contributed by atoms with Gasteiger partial charge < -0.3 is 5.32 Å². The van der Waals surface area contributed by atoms with E-state index < -0.39 is 0 Å². The van der Waals surface area contributed by atoms with Gasteiger partial charge in [0.1, 0.15) is 0 Å². The summed E-state index contributed by atoms with van der Waals surface area (Å²) in [5.74, 6) is -0.190. The topological polar surface area (TPSA) is 66.5 Å². The van der Waals surface area contributed by atoms with E-state index >= 15 is 0 Å². The number of hydrogen-bond acceptors (Lipinski definition) is 3. The predicted octanol–water partition coefficient (Wildman–Crippen LogP) is 3.30. The number of nitrogens with one attached hydrogen (secondary N) is 1. The molecular formula is C23H24N2O3. The van der Waals surface area contributed by atoms with Gasteiger partial charge in [-0.05, 0) is 48.9 Å². The Kier molecular flexibility index (Phi) is 5.24. The number of hydrogen-bond donors (Lipinski definition) is 1. The number of aryl methyl sites for hydroxylation is 1. The summed E-state index contributed by atoms with van der Waals surface area (Å²) in [6, 6.07) is 15.3. The molecule has 2 aromatic rings. The molecule has 28 heavy (non-hydrogen) atoms. The van der Waals surface area contributed by atoms with Gasteiger partial charge in [0.25, 0.3) is 11.8 Å². The summed E-state index contributed by atoms with van der Waals surface area (Å²) >= 11 is 0. The third kappa shape index (κ3) is 3.57. The fourth-order valence-corrected chi connectivity index (χ4v) is 4.23. The molecule has 1 N–H and O–H groups in total. The molecule has 0 saturated heterocycles. The number of nitrogens with zero attached hydrogens (tertiary/aromatic N) is 1. The quantitative estimate of drug-likeness (QED) is 0.787. The molecular weight excluding hydrogens is 352 g/mol. The Morgan fingerprint density at radius 1 is 1.00 bits per heavy atom. The highest BCUT2D eigenvalue weighted by molar-refractivity contribution is 6.21. The molecule has 0 spiro atoms. The van der Waals surface area contributed by atoms with Gasteiger partial charge in [0, 0.05) is 25.4 Å². The van der Waals surface area contributed by atoms with Crippen LogP contribution in [0.2, 0.25) is 0 Å². The number of rotatable bonds is 6. The lowest BCUT2D eigenvalue weighted by atomic mass is 9.83. The highest BCUT2D eigenvalue weighted by Crippen LogP contribution is 2.30. The smallest absolute Gasteiger partial charge is 0.261 e. The van der Waals surface area contributed by atoms with E-state index in [2.05, 4.69) is 29.6 Å². The minimum atomic E-state index is -0.264. The molecule has 0 bridgehead atoms. The van der Waals surface area contributed by atoms with Crippen molar-refractivity contribution >= 4 is 17.7 Å². The van der Waals surface area contributed by atoms with E-state index in [0.29, 0.717) is 36.4 Å². The lowest BCUT2D eigenvalue weighted by Gasteiger charge is -2.25. The molecule has 5 heteroatoms. The second-order valence-electron chi connectivity index (χ2n) is 7.50. The average Bonchev–Trinajstić information content (AvgIpc) is 2.97. The summed E-state index contributed by atoms with van der Waals surface area (Å²) in [5.41, 5.74) is 3.64. The van der Waals surface area contributed by atoms with Crippen LogP contribution in [-0.4, -0.2) is 35.7 Å². The lowest BCUT2D eigenvalue weighted by molar-refractivity contribution is -0.121. The highest BCUT2D eigenvalue weighted by Gasteiger charge is 2.34. The Hall–Kier alpha value is -2.95. The van der Waals surface area contributed by atoms with Gasteiger partial charge in [-0.15, -0.1) is 0 Å². The summed E-state index contributed by atoms with van der Waals surface area (Å²) < 4.78 is 0. The van der Waals surface area contributed by atoms with Crippen LogP contribution in [0.3, 0.4) is 0 Å². The third-order valence-corrected chi connectivity index (χ3v) is 5.70. The van der Waals surface area contributed by atoms with Crippen molar-refractivity contribution in [1.29, 1.82) is 0 Å². The van der Waals surface area contributed by atoms with E-state index in [1.807, 2.05) is 0 Å². The predicted molar refractivity (Wildman–Crippen MR) is 106 cm³/mol. The van der Waals surface area contributed by atoms with Crippen LogP contribution in [0.5, 0.6) is 0 Å². The molecule has 1 atom stereocenters. The molecule has 2 aromatic carbocycles. The SMILES string of the molecule is O=C(CCCN1C(=O)c2ccccc2C1=O)NCC1CCCc2ccccc21. The van der Waals surface area contributed by atoms with Gasteiger partial charge in [0.15, 0.2) is 0 Å². The van der Waals surface area contributed by atoms with Crippen molar-refractivity contribution in [3.05, 3.63) is 70.8 Å². The Bertz CT molecular complexity index is 887. The first-order valence-electron chi connectivity index (χ1n) is 9.95. The van der Waals surface area contributed by atoms with Crippen molar-refractivity contribution in [2.24, 2.45) is 0 Å². The van der Waals surface area contributed by atoms with Gasteiger partial charge in [0.05, 0.1) is 11.1 Å². The highest BCUT2D eigenvalue weighted by atomic mass is 16.2. The lowest BCUT2D eigenvalue weighted by Crippen LogP contribution is -2.33. The summed E-state index contributed by atoms with van der Waals surface area (Å²) in [5, 5.41) is 3.03. The first-order chi connectivity index (χ1) is 13.6. The van der Waals surface area contributed by atoms with Gasteiger partial charge in [-0.2, -0.15) is 0 Å². The Balaban J connectivity index is 1.25. The van der Waals surface area contributed by atoms with Gasteiger partial charge in [0.2, 0.25) is 5.91 Å². The van der Waals surface area contributed by atoms with E-state index in [1.165, 1.54) is 16.0 Å². The van der Waals surface area contributed by atoms with Crippen LogP contribution >= 0.6 is 0 Å². The average molecular weight is 376 g/mol. The molecule has 2 aliphatic rings. The summed E-state index contributed by atoms with van der Waals surface area (Å²) in [7, 11) is 0. The minimum absolute atomic E-state index is 0.0281. The maximum absolute atomic E-state index is 12.3. The molecule has 0 saturated carbocycles. The Labute approximate surface area is 164 Å². The van der Waals surface area contributed by atoms with Crippen LogP contribution in [0, 0.1) is 0 Å². The maximum Gasteiger partial charge on any atom is 0.261 e. The molecule has 144 valence electrons. The van der Waals surface area contributed by atoms with Crippen LogP contribution in [0.1, 0.15) is 63.4 Å². The van der Waals surface area contributed by atoms with Crippen LogP contribution in [0.25, 0.3) is 0 Å². The van der Waals surface area contributed by atoms with Crippen molar-refractivity contribution in [3.8, 4) is 0 Å². The Morgan fingerprint density at radius 2 is 1.68 bits per heavy atom. The molecule has 1 aliphatic heterocycles. The molecule has 1 heterocycles. The second kappa shape index (κ2) is 7.97. The number of carbonyl (C=O) groups excluding carboxylic acids is 3. The zero-order valence-corrected chi connectivity index (χ0v) is 15.8. The Morgan fingerprint density at radius 3 is 2.43 bits per heavy atom. The van der Waals surface area contributed by atoms with Crippen LogP contribution in [0.15, 0.2) is 48.5 Å². The molecule has 5 nitrogen and oxygen atoms in total. The molecule has 4 rings (SSSR count). The number of amides is 3. The number of imide groups is 1. The van der Waals surface area contributed by atoms with Gasteiger partial charge in [-0.1, -0.05) is 36.4 Å². The minimum Gasteiger partial charge on any atom is -0.355 e. The summed E-state index contributed by atoms with van der Waals surface area (Å²) in [6.07, 6.45) is 4.13. The number of benzene rings is 2. The normalized spacial score (nSPS) is 18.0. The first-order valence-corrected chi connectivity index (χ1v) is 9.95. The van der Waals surface area contributed by atoms with Crippen molar-refractivity contribution in [1.82, 2.24) is 10.2 Å². The van der Waals surface area contributed by atoms with Crippen molar-refractivity contribution < 1.29 is 14.4 Å². The fourth-order valence-electron chi connectivity index (χ4n) is 4.23. The van der Waals surface area contributed by atoms with Gasteiger partial charge in [-0.3, -0.25) is 19.3 Å². The van der Waals surface area contributed by atoms with Crippen molar-refractivity contribution in [2.45, 2.75) is 38.0 Å². The first kappa shape index (κ1) is 18.4. The molecule has 0 radical (unpaired) electrons. The molecule has 1 unspecified atom stereocenters. The van der Waals surface area contributed by atoms with E-state index in [-0.39, 0.29) is 24.3 Å². The van der Waals surface area contributed by atoms with Gasteiger partial charge in [-0.25, -0.2) is 0 Å². The largest absolute Gasteiger partial charge is 0.355 e. The zero-order valence-electron chi connectivity index (χ0n) is 15.8. The number of carbonyl (C=O) groups is 3. The maximum atomic E-state index is 12.3.